The summed E-state index contributed by atoms with van der Waals surface area (Å²) in [6.45, 7) is 0.116. The zero-order chi connectivity index (χ0) is 10.6. The third-order valence-electron chi connectivity index (χ3n) is 1.67. The van der Waals surface area contributed by atoms with E-state index in [9.17, 15) is 0 Å². The van der Waals surface area contributed by atoms with E-state index in [-0.39, 0.29) is 6.61 Å². The van der Waals surface area contributed by atoms with E-state index in [0.29, 0.717) is 6.54 Å². The van der Waals surface area contributed by atoms with Gasteiger partial charge in [-0.15, -0.1) is 0 Å². The molecule has 1 unspecified atom stereocenters. The average Bonchev–Trinajstić information content (AvgIpc) is 2.16. The zero-order valence-corrected chi connectivity index (χ0v) is 11.1. The predicted molar refractivity (Wildman–Crippen MR) is 68.4 cm³/mol. The van der Waals surface area contributed by atoms with Gasteiger partial charge >= 0.3 is 0 Å². The molecule has 0 saturated heterocycles. The number of nitrogens with one attached hydrogen (secondary N) is 1. The van der Waals surface area contributed by atoms with E-state index in [1.807, 2.05) is 18.2 Å². The molecule has 0 spiro atoms. The molecule has 0 amide bonds. The summed E-state index contributed by atoms with van der Waals surface area (Å²) in [5.74, 6) is 0. The van der Waals surface area contributed by atoms with Crippen LogP contribution in [0, 0.1) is 3.57 Å². The quantitative estimate of drug-likeness (QED) is 0.707. The van der Waals surface area contributed by atoms with Crippen LogP contribution >= 0.6 is 38.5 Å². The smallest absolute Gasteiger partial charge is 0.0942 e. The van der Waals surface area contributed by atoms with Crippen molar-refractivity contribution in [3.8, 4) is 0 Å². The van der Waals surface area contributed by atoms with Crippen LogP contribution in [-0.2, 0) is 0 Å². The average molecular weight is 372 g/mol. The predicted octanol–water partition coefficient (Wildman–Crippen LogP) is 1.82. The lowest BCUT2D eigenvalue weighted by molar-refractivity contribution is 0.105. The SMILES string of the molecule is OCC(O)CNc1ccc(I)cc1Br. The van der Waals surface area contributed by atoms with E-state index in [1.54, 1.807) is 0 Å². The lowest BCUT2D eigenvalue weighted by Gasteiger charge is -2.11. The first kappa shape index (κ1) is 12.2. The van der Waals surface area contributed by atoms with Crippen LogP contribution in [0.3, 0.4) is 0 Å². The Morgan fingerprint density at radius 1 is 1.50 bits per heavy atom. The highest BCUT2D eigenvalue weighted by Crippen LogP contribution is 2.24. The molecule has 5 heteroatoms. The fourth-order valence-electron chi connectivity index (χ4n) is 0.925. The first-order valence-electron chi connectivity index (χ1n) is 4.11. The summed E-state index contributed by atoms with van der Waals surface area (Å²) in [7, 11) is 0. The molecule has 0 aromatic heterocycles. The largest absolute Gasteiger partial charge is 0.394 e. The summed E-state index contributed by atoms with van der Waals surface area (Å²) in [5.41, 5.74) is 0.915. The standard InChI is InChI=1S/C9H11BrINO2/c10-8-3-6(11)1-2-9(8)12-4-7(14)5-13/h1-3,7,12-14H,4-5H2. The Kier molecular flexibility index (Phi) is 5.14. The summed E-state index contributed by atoms with van der Waals surface area (Å²) in [4.78, 5) is 0. The number of anilines is 1. The number of aliphatic hydroxyl groups is 2. The highest BCUT2D eigenvalue weighted by atomic mass is 127. The van der Waals surface area contributed by atoms with Crippen molar-refractivity contribution in [1.29, 1.82) is 0 Å². The molecule has 1 rings (SSSR count). The molecule has 78 valence electrons. The highest BCUT2D eigenvalue weighted by Gasteiger charge is 2.03. The molecule has 0 saturated carbocycles. The van der Waals surface area contributed by atoms with Crippen molar-refractivity contribution in [2.24, 2.45) is 0 Å². The molecule has 1 aromatic carbocycles. The van der Waals surface area contributed by atoms with E-state index in [0.717, 1.165) is 13.7 Å². The third kappa shape index (κ3) is 3.72. The van der Waals surface area contributed by atoms with Crippen LogP contribution in [0.15, 0.2) is 22.7 Å². The van der Waals surface area contributed by atoms with Gasteiger partial charge in [-0.25, -0.2) is 0 Å². The van der Waals surface area contributed by atoms with Gasteiger partial charge in [-0.1, -0.05) is 0 Å². The first-order valence-corrected chi connectivity index (χ1v) is 5.98. The highest BCUT2D eigenvalue weighted by molar-refractivity contribution is 14.1. The molecule has 3 N–H and O–H groups in total. The summed E-state index contributed by atoms with van der Waals surface area (Å²) < 4.78 is 2.09. The molecule has 1 atom stereocenters. The summed E-state index contributed by atoms with van der Waals surface area (Å²) in [5, 5.41) is 20.8. The van der Waals surface area contributed by atoms with Crippen molar-refractivity contribution in [1.82, 2.24) is 0 Å². The molecule has 1 aromatic rings. The molecule has 14 heavy (non-hydrogen) atoms. The van der Waals surface area contributed by atoms with Crippen LogP contribution in [0.1, 0.15) is 0 Å². The van der Waals surface area contributed by atoms with Gasteiger partial charge in [-0.3, -0.25) is 0 Å². The second kappa shape index (κ2) is 5.89. The summed E-state index contributed by atoms with van der Waals surface area (Å²) in [6.07, 6.45) is -0.721. The van der Waals surface area contributed by atoms with Crippen molar-refractivity contribution in [2.75, 3.05) is 18.5 Å². The number of benzene rings is 1. The van der Waals surface area contributed by atoms with Crippen molar-refractivity contribution in [2.45, 2.75) is 6.10 Å². The summed E-state index contributed by atoms with van der Waals surface area (Å²) in [6, 6.07) is 5.88. The number of hydrogen-bond acceptors (Lipinski definition) is 3. The van der Waals surface area contributed by atoms with Gasteiger partial charge in [0, 0.05) is 20.3 Å². The Bertz CT molecular complexity index is 309. The van der Waals surface area contributed by atoms with Gasteiger partial charge in [0.25, 0.3) is 0 Å². The second-order valence-electron chi connectivity index (χ2n) is 2.84. The Balaban J connectivity index is 2.59. The van der Waals surface area contributed by atoms with E-state index in [2.05, 4.69) is 43.8 Å². The Morgan fingerprint density at radius 3 is 2.79 bits per heavy atom. The maximum absolute atomic E-state index is 9.14. The van der Waals surface area contributed by atoms with Crippen molar-refractivity contribution in [3.05, 3.63) is 26.2 Å². The maximum Gasteiger partial charge on any atom is 0.0942 e. The van der Waals surface area contributed by atoms with Crippen LogP contribution in [0.5, 0.6) is 0 Å². The monoisotopic (exact) mass is 371 g/mol. The molecule has 0 aliphatic carbocycles. The van der Waals surface area contributed by atoms with Crippen LogP contribution < -0.4 is 5.32 Å². The number of rotatable bonds is 4. The minimum atomic E-state index is -0.721. The fourth-order valence-corrected chi connectivity index (χ4v) is 2.36. The number of hydrogen-bond donors (Lipinski definition) is 3. The van der Waals surface area contributed by atoms with Gasteiger partial charge in [-0.2, -0.15) is 0 Å². The normalized spacial score (nSPS) is 12.6. The molecular formula is C9H11BrINO2. The van der Waals surface area contributed by atoms with Gasteiger partial charge in [0.05, 0.1) is 12.7 Å². The van der Waals surface area contributed by atoms with Crippen molar-refractivity contribution >= 4 is 44.2 Å². The minimum absolute atomic E-state index is 0.227. The molecule has 0 aliphatic rings. The maximum atomic E-state index is 9.14. The molecule has 0 radical (unpaired) electrons. The third-order valence-corrected chi connectivity index (χ3v) is 3.00. The van der Waals surface area contributed by atoms with Crippen LogP contribution in [0.4, 0.5) is 5.69 Å². The van der Waals surface area contributed by atoms with Gasteiger partial charge in [-0.05, 0) is 56.7 Å². The first-order chi connectivity index (χ1) is 6.63. The summed E-state index contributed by atoms with van der Waals surface area (Å²) >= 11 is 5.63. The molecule has 0 fully saturated rings. The van der Waals surface area contributed by atoms with Crippen LogP contribution in [-0.4, -0.2) is 29.5 Å². The fraction of sp³-hybridized carbons (Fsp3) is 0.333. The van der Waals surface area contributed by atoms with Gasteiger partial charge in [0.2, 0.25) is 0 Å². The lowest BCUT2D eigenvalue weighted by Crippen LogP contribution is -2.23. The van der Waals surface area contributed by atoms with Crippen molar-refractivity contribution < 1.29 is 10.2 Å². The molecule has 0 bridgehead atoms. The van der Waals surface area contributed by atoms with Crippen molar-refractivity contribution in [3.63, 3.8) is 0 Å². The van der Waals surface area contributed by atoms with Gasteiger partial charge < -0.3 is 15.5 Å². The number of aliphatic hydroxyl groups excluding tert-OH is 2. The van der Waals surface area contributed by atoms with Crippen LogP contribution in [0.25, 0.3) is 0 Å². The van der Waals surface area contributed by atoms with E-state index < -0.39 is 6.10 Å². The topological polar surface area (TPSA) is 52.5 Å². The Hall–Kier alpha value is 0.150. The lowest BCUT2D eigenvalue weighted by atomic mass is 10.3. The van der Waals surface area contributed by atoms with Gasteiger partial charge in [0.1, 0.15) is 0 Å². The number of halogens is 2. The van der Waals surface area contributed by atoms with Gasteiger partial charge in [0.15, 0.2) is 0 Å². The van der Waals surface area contributed by atoms with E-state index in [4.69, 9.17) is 10.2 Å². The molecule has 3 nitrogen and oxygen atoms in total. The zero-order valence-electron chi connectivity index (χ0n) is 7.37. The molecule has 0 aliphatic heterocycles. The van der Waals surface area contributed by atoms with E-state index >= 15 is 0 Å². The van der Waals surface area contributed by atoms with Crippen LogP contribution in [0.2, 0.25) is 0 Å². The van der Waals surface area contributed by atoms with E-state index in [1.165, 1.54) is 0 Å². The minimum Gasteiger partial charge on any atom is -0.394 e. The second-order valence-corrected chi connectivity index (χ2v) is 4.94. The molecule has 0 heterocycles. The Labute approximate surface area is 105 Å². The molecular weight excluding hydrogens is 361 g/mol. The Morgan fingerprint density at radius 2 is 2.21 bits per heavy atom.